The third kappa shape index (κ3) is 3.26. The average Bonchev–Trinajstić information content (AvgIpc) is 3.26. The standard InChI is InChI=1S/C21H23N5O3/c1-5-13-6-8-14(9-7-13)16-12-17(26-21(22-16)23-24-25-26)15-10-11-18(27-2)20(29-4)19(15)28-3/h6-12,17H,5H2,1-4H3,(H,22,23,25)/t17-/m0/s1. The van der Waals surface area contributed by atoms with Gasteiger partial charge in [-0.05, 0) is 46.2 Å². The fourth-order valence-electron chi connectivity index (χ4n) is 3.52. The molecule has 1 aliphatic rings. The van der Waals surface area contributed by atoms with E-state index in [1.165, 1.54) is 5.56 Å². The van der Waals surface area contributed by atoms with Crippen molar-refractivity contribution >= 4 is 11.6 Å². The number of hydrogen-bond donors (Lipinski definition) is 1. The molecule has 0 bridgehead atoms. The summed E-state index contributed by atoms with van der Waals surface area (Å²) in [6.07, 6.45) is 3.07. The van der Waals surface area contributed by atoms with Gasteiger partial charge in [-0.1, -0.05) is 36.3 Å². The molecule has 0 spiro atoms. The van der Waals surface area contributed by atoms with Crippen LogP contribution in [0.3, 0.4) is 0 Å². The molecule has 0 aliphatic carbocycles. The topological polar surface area (TPSA) is 83.3 Å². The molecule has 2 aromatic carbocycles. The van der Waals surface area contributed by atoms with Gasteiger partial charge in [0.05, 0.1) is 21.3 Å². The van der Waals surface area contributed by atoms with Crippen LogP contribution in [0, 0.1) is 0 Å². The van der Waals surface area contributed by atoms with E-state index >= 15 is 0 Å². The van der Waals surface area contributed by atoms with Gasteiger partial charge in [0.1, 0.15) is 6.04 Å². The zero-order chi connectivity index (χ0) is 20.4. The van der Waals surface area contributed by atoms with Gasteiger partial charge in [0.25, 0.3) is 0 Å². The number of aromatic nitrogens is 4. The summed E-state index contributed by atoms with van der Waals surface area (Å²) in [5.74, 6) is 2.27. The maximum absolute atomic E-state index is 5.69. The first-order chi connectivity index (χ1) is 14.2. The molecule has 0 amide bonds. The van der Waals surface area contributed by atoms with Crippen LogP contribution in [0.4, 0.5) is 5.95 Å². The number of allylic oxidation sites excluding steroid dienone is 1. The average molecular weight is 393 g/mol. The number of fused-ring (bicyclic) bond motifs is 1. The van der Waals surface area contributed by atoms with Crippen molar-refractivity contribution in [1.29, 1.82) is 0 Å². The molecule has 0 fully saturated rings. The molecule has 1 aliphatic heterocycles. The van der Waals surface area contributed by atoms with Crippen LogP contribution in [0.15, 0.2) is 42.5 Å². The molecule has 1 N–H and O–H groups in total. The van der Waals surface area contributed by atoms with E-state index in [4.69, 9.17) is 14.2 Å². The van der Waals surface area contributed by atoms with Crippen molar-refractivity contribution in [2.45, 2.75) is 19.4 Å². The number of methoxy groups -OCH3 is 3. The Labute approximate surface area is 169 Å². The third-order valence-corrected chi connectivity index (χ3v) is 5.05. The maximum Gasteiger partial charge on any atom is 0.248 e. The van der Waals surface area contributed by atoms with Gasteiger partial charge < -0.3 is 19.5 Å². The van der Waals surface area contributed by atoms with Gasteiger partial charge in [-0.15, -0.1) is 0 Å². The van der Waals surface area contributed by atoms with E-state index < -0.39 is 0 Å². The van der Waals surface area contributed by atoms with Crippen molar-refractivity contribution < 1.29 is 14.2 Å². The van der Waals surface area contributed by atoms with Crippen LogP contribution in [0.5, 0.6) is 17.2 Å². The quantitative estimate of drug-likeness (QED) is 0.688. The summed E-state index contributed by atoms with van der Waals surface area (Å²) < 4.78 is 18.4. The van der Waals surface area contributed by atoms with Crippen LogP contribution in [0.25, 0.3) is 5.70 Å². The van der Waals surface area contributed by atoms with Gasteiger partial charge in [-0.3, -0.25) is 0 Å². The molecule has 1 aromatic heterocycles. The van der Waals surface area contributed by atoms with E-state index in [-0.39, 0.29) is 6.04 Å². The number of benzene rings is 2. The van der Waals surface area contributed by atoms with Crippen molar-refractivity contribution in [3.63, 3.8) is 0 Å². The van der Waals surface area contributed by atoms with Gasteiger partial charge in [0.2, 0.25) is 11.7 Å². The van der Waals surface area contributed by atoms with Crippen molar-refractivity contribution in [2.75, 3.05) is 26.6 Å². The number of rotatable bonds is 6. The summed E-state index contributed by atoms with van der Waals surface area (Å²) in [4.78, 5) is 0. The lowest BCUT2D eigenvalue weighted by atomic mass is 9.99. The Hall–Kier alpha value is -3.55. The first-order valence-corrected chi connectivity index (χ1v) is 9.35. The van der Waals surface area contributed by atoms with Crippen LogP contribution in [0.1, 0.15) is 29.7 Å². The van der Waals surface area contributed by atoms with E-state index in [0.717, 1.165) is 23.2 Å². The van der Waals surface area contributed by atoms with Gasteiger partial charge in [-0.2, -0.15) is 4.68 Å². The molecule has 4 rings (SSSR count). The Kier molecular flexibility index (Phi) is 5.07. The minimum Gasteiger partial charge on any atom is -0.493 e. The number of nitrogens with one attached hydrogen (secondary N) is 1. The minimum absolute atomic E-state index is 0.281. The zero-order valence-corrected chi connectivity index (χ0v) is 16.8. The SMILES string of the molecule is CCc1ccc(C2=C[C@@H](c3ccc(OC)c(OC)c3OC)n3nnnc3N2)cc1. The van der Waals surface area contributed by atoms with E-state index in [1.807, 2.05) is 12.1 Å². The number of ether oxygens (including phenoxy) is 3. The first kappa shape index (κ1) is 18.8. The number of nitrogens with zero attached hydrogens (tertiary/aromatic N) is 4. The normalized spacial score (nSPS) is 15.2. The molecule has 29 heavy (non-hydrogen) atoms. The van der Waals surface area contributed by atoms with Crippen molar-refractivity contribution in [2.24, 2.45) is 0 Å². The second-order valence-corrected chi connectivity index (χ2v) is 6.57. The van der Waals surface area contributed by atoms with Crippen LogP contribution in [-0.2, 0) is 6.42 Å². The minimum atomic E-state index is -0.281. The lowest BCUT2D eigenvalue weighted by Gasteiger charge is -2.25. The summed E-state index contributed by atoms with van der Waals surface area (Å²) >= 11 is 0. The van der Waals surface area contributed by atoms with Gasteiger partial charge in [0, 0.05) is 11.3 Å². The Morgan fingerprint density at radius 2 is 1.72 bits per heavy atom. The summed E-state index contributed by atoms with van der Waals surface area (Å²) in [7, 11) is 4.79. The second kappa shape index (κ2) is 7.83. The highest BCUT2D eigenvalue weighted by atomic mass is 16.5. The Bertz CT molecular complexity index is 1040. The van der Waals surface area contributed by atoms with Gasteiger partial charge >= 0.3 is 0 Å². The predicted molar refractivity (Wildman–Crippen MR) is 109 cm³/mol. The highest BCUT2D eigenvalue weighted by Crippen LogP contribution is 2.44. The van der Waals surface area contributed by atoms with E-state index in [9.17, 15) is 0 Å². The number of anilines is 1. The molecule has 150 valence electrons. The van der Waals surface area contributed by atoms with Crippen molar-refractivity contribution in [3.05, 3.63) is 59.2 Å². The molecule has 0 unspecified atom stereocenters. The van der Waals surface area contributed by atoms with Crippen molar-refractivity contribution in [1.82, 2.24) is 20.2 Å². The third-order valence-electron chi connectivity index (χ3n) is 5.05. The summed E-state index contributed by atoms with van der Waals surface area (Å²) in [5, 5.41) is 15.4. The van der Waals surface area contributed by atoms with E-state index in [1.54, 1.807) is 26.0 Å². The lowest BCUT2D eigenvalue weighted by molar-refractivity contribution is 0.320. The number of hydrogen-bond acceptors (Lipinski definition) is 7. The summed E-state index contributed by atoms with van der Waals surface area (Å²) in [6.45, 7) is 2.14. The molecule has 8 heteroatoms. The molecule has 1 atom stereocenters. The fraction of sp³-hybridized carbons (Fsp3) is 0.286. The summed E-state index contributed by atoms with van der Waals surface area (Å²) in [6, 6.07) is 12.0. The van der Waals surface area contributed by atoms with E-state index in [0.29, 0.717) is 23.2 Å². The van der Waals surface area contributed by atoms with Crippen molar-refractivity contribution in [3.8, 4) is 17.2 Å². The second-order valence-electron chi connectivity index (χ2n) is 6.57. The predicted octanol–water partition coefficient (Wildman–Crippen LogP) is 3.32. The monoisotopic (exact) mass is 393 g/mol. The van der Waals surface area contributed by atoms with Crippen LogP contribution in [-0.4, -0.2) is 41.5 Å². The molecule has 0 saturated carbocycles. The van der Waals surface area contributed by atoms with Crippen LogP contribution < -0.4 is 19.5 Å². The Morgan fingerprint density at radius 1 is 0.966 bits per heavy atom. The van der Waals surface area contributed by atoms with E-state index in [2.05, 4.69) is 58.1 Å². The molecule has 2 heterocycles. The lowest BCUT2D eigenvalue weighted by Crippen LogP contribution is -2.21. The smallest absolute Gasteiger partial charge is 0.248 e. The van der Waals surface area contributed by atoms with Crippen LogP contribution >= 0.6 is 0 Å². The molecule has 8 nitrogen and oxygen atoms in total. The number of aryl methyl sites for hydroxylation is 1. The van der Waals surface area contributed by atoms with Gasteiger partial charge in [-0.25, -0.2) is 0 Å². The Morgan fingerprint density at radius 3 is 2.38 bits per heavy atom. The molecule has 0 saturated heterocycles. The number of tetrazole rings is 1. The Balaban J connectivity index is 1.84. The molecular formula is C21H23N5O3. The highest BCUT2D eigenvalue weighted by Gasteiger charge is 2.29. The maximum atomic E-state index is 5.69. The molecule has 3 aromatic rings. The highest BCUT2D eigenvalue weighted by molar-refractivity contribution is 5.77. The van der Waals surface area contributed by atoms with Gasteiger partial charge in [0.15, 0.2) is 11.5 Å². The zero-order valence-electron chi connectivity index (χ0n) is 16.8. The first-order valence-electron chi connectivity index (χ1n) is 9.35. The molecular weight excluding hydrogens is 370 g/mol. The van der Waals surface area contributed by atoms with Crippen LogP contribution in [0.2, 0.25) is 0 Å². The summed E-state index contributed by atoms with van der Waals surface area (Å²) in [5.41, 5.74) is 4.13. The fourth-order valence-corrected chi connectivity index (χ4v) is 3.52. The largest absolute Gasteiger partial charge is 0.493 e. The molecule has 0 radical (unpaired) electrons.